The second-order valence-corrected chi connectivity index (χ2v) is 6.77. The fraction of sp³-hybridized carbons (Fsp3) is 0.167. The Kier molecular flexibility index (Phi) is 5.24. The summed E-state index contributed by atoms with van der Waals surface area (Å²) >= 11 is 2.23. The molecule has 2 amide bonds. The maximum Gasteiger partial charge on any atom is 0.245 e. The van der Waals surface area contributed by atoms with Gasteiger partial charge in [0.2, 0.25) is 11.8 Å². The third kappa shape index (κ3) is 4.00. The van der Waals surface area contributed by atoms with E-state index in [2.05, 4.69) is 33.1 Å². The van der Waals surface area contributed by atoms with E-state index in [0.29, 0.717) is 6.54 Å². The van der Waals surface area contributed by atoms with Crippen LogP contribution in [0, 0.1) is 9.49 Å². The van der Waals surface area contributed by atoms with Crippen LogP contribution < -0.4 is 10.3 Å². The van der Waals surface area contributed by atoms with Gasteiger partial charge in [0.1, 0.15) is 0 Å². The fourth-order valence-electron chi connectivity index (χ4n) is 2.55. The summed E-state index contributed by atoms with van der Waals surface area (Å²) in [5.74, 6) is -0.655. The largest absolute Gasteiger partial charge is 0.312 e. The topological polar surface area (TPSA) is 61.8 Å². The third-order valence-electron chi connectivity index (χ3n) is 3.82. The summed E-state index contributed by atoms with van der Waals surface area (Å²) in [7, 11) is 0. The van der Waals surface area contributed by atoms with Crippen LogP contribution in [0.2, 0.25) is 0 Å². The minimum absolute atomic E-state index is 0.0389. The van der Waals surface area contributed by atoms with Crippen molar-refractivity contribution >= 4 is 46.3 Å². The number of para-hydroxylation sites is 1. The predicted molar refractivity (Wildman–Crippen MR) is 102 cm³/mol. The molecule has 1 aliphatic heterocycles. The Bertz CT molecular complexity index is 760. The molecule has 122 valence electrons. The highest BCUT2D eigenvalue weighted by Gasteiger charge is 2.34. The van der Waals surface area contributed by atoms with E-state index in [-0.39, 0.29) is 24.2 Å². The number of anilines is 1. The van der Waals surface area contributed by atoms with Crippen LogP contribution in [0.5, 0.6) is 0 Å². The minimum Gasteiger partial charge on any atom is -0.312 e. The van der Waals surface area contributed by atoms with Crippen molar-refractivity contribution in [1.29, 1.82) is 0 Å². The fourth-order valence-corrected chi connectivity index (χ4v) is 2.91. The Balaban J connectivity index is 1.58. The van der Waals surface area contributed by atoms with E-state index >= 15 is 0 Å². The molecule has 0 aliphatic carbocycles. The Morgan fingerprint density at radius 2 is 1.88 bits per heavy atom. The highest BCUT2D eigenvalue weighted by molar-refractivity contribution is 14.1. The molecule has 2 aromatic carbocycles. The smallest absolute Gasteiger partial charge is 0.245 e. The Labute approximate surface area is 153 Å². The summed E-state index contributed by atoms with van der Waals surface area (Å²) in [6, 6.07) is 17.2. The normalized spacial score (nSPS) is 17.5. The number of nitrogens with one attached hydrogen (secondary N) is 1. The van der Waals surface area contributed by atoms with Gasteiger partial charge in [-0.15, -0.1) is 0 Å². The molecule has 1 atom stereocenters. The molecular formula is C18H16IN3O2. The Morgan fingerprint density at radius 3 is 2.58 bits per heavy atom. The number of hydrazone groups is 1. The first-order chi connectivity index (χ1) is 11.6. The van der Waals surface area contributed by atoms with Gasteiger partial charge in [0.25, 0.3) is 0 Å². The lowest BCUT2D eigenvalue weighted by Gasteiger charge is -2.16. The van der Waals surface area contributed by atoms with Gasteiger partial charge in [0.15, 0.2) is 0 Å². The van der Waals surface area contributed by atoms with Crippen molar-refractivity contribution in [2.24, 2.45) is 11.0 Å². The van der Waals surface area contributed by atoms with E-state index in [0.717, 1.165) is 14.8 Å². The maximum absolute atomic E-state index is 12.2. The van der Waals surface area contributed by atoms with Crippen LogP contribution in [0.4, 0.5) is 5.69 Å². The number of hydrogen-bond acceptors (Lipinski definition) is 3. The molecule has 0 bridgehead atoms. The van der Waals surface area contributed by atoms with Crippen molar-refractivity contribution in [2.45, 2.75) is 6.42 Å². The average molecular weight is 433 g/mol. The molecule has 5 nitrogen and oxygen atoms in total. The zero-order valence-electron chi connectivity index (χ0n) is 12.9. The lowest BCUT2D eigenvalue weighted by Crippen LogP contribution is -2.30. The van der Waals surface area contributed by atoms with Gasteiger partial charge in [-0.1, -0.05) is 30.3 Å². The first kappa shape index (κ1) is 16.6. The SMILES string of the molecule is O=C(NN=Cc1ccc(I)cc1)[C@@H]1CC(=O)N(c2ccccc2)C1. The third-order valence-corrected chi connectivity index (χ3v) is 4.54. The molecule has 6 heteroatoms. The molecule has 3 rings (SSSR count). The molecule has 1 fully saturated rings. The number of carbonyl (C=O) groups is 2. The van der Waals surface area contributed by atoms with E-state index in [1.807, 2.05) is 54.6 Å². The number of nitrogens with zero attached hydrogens (tertiary/aromatic N) is 2. The zero-order valence-corrected chi connectivity index (χ0v) is 15.0. The highest BCUT2D eigenvalue weighted by Crippen LogP contribution is 2.24. The van der Waals surface area contributed by atoms with E-state index in [1.54, 1.807) is 11.1 Å². The van der Waals surface area contributed by atoms with Crippen molar-refractivity contribution in [3.63, 3.8) is 0 Å². The minimum atomic E-state index is -0.383. The summed E-state index contributed by atoms with van der Waals surface area (Å²) in [6.45, 7) is 0.383. The van der Waals surface area contributed by atoms with Crippen LogP contribution in [0.15, 0.2) is 59.7 Å². The second-order valence-electron chi connectivity index (χ2n) is 5.53. The van der Waals surface area contributed by atoms with Crippen LogP contribution in [0.3, 0.4) is 0 Å². The highest BCUT2D eigenvalue weighted by atomic mass is 127. The van der Waals surface area contributed by atoms with E-state index in [9.17, 15) is 9.59 Å². The predicted octanol–water partition coefficient (Wildman–Crippen LogP) is 2.79. The van der Waals surface area contributed by atoms with Crippen LogP contribution in [-0.4, -0.2) is 24.6 Å². The quantitative estimate of drug-likeness (QED) is 0.458. The van der Waals surface area contributed by atoms with E-state index in [4.69, 9.17) is 0 Å². The molecule has 1 heterocycles. The van der Waals surface area contributed by atoms with Crippen molar-refractivity contribution in [2.75, 3.05) is 11.4 Å². The number of halogens is 1. The number of amides is 2. The van der Waals surface area contributed by atoms with Crippen LogP contribution in [-0.2, 0) is 9.59 Å². The first-order valence-corrected chi connectivity index (χ1v) is 8.65. The molecule has 0 saturated carbocycles. The van der Waals surface area contributed by atoms with Gasteiger partial charge in [-0.05, 0) is 52.4 Å². The summed E-state index contributed by atoms with van der Waals surface area (Å²) in [5, 5.41) is 3.98. The molecular weight excluding hydrogens is 417 g/mol. The van der Waals surface area contributed by atoms with Crippen LogP contribution in [0.1, 0.15) is 12.0 Å². The van der Waals surface area contributed by atoms with Crippen molar-refractivity contribution in [3.8, 4) is 0 Å². The standard InChI is InChI=1S/C18H16IN3O2/c19-15-8-6-13(7-9-15)11-20-21-18(24)14-10-17(23)22(12-14)16-4-2-1-3-5-16/h1-9,11,14H,10,12H2,(H,21,24)/t14-/m1/s1. The first-order valence-electron chi connectivity index (χ1n) is 7.57. The Hall–Kier alpha value is -2.22. The number of rotatable bonds is 4. The van der Waals surface area contributed by atoms with Gasteiger partial charge >= 0.3 is 0 Å². The van der Waals surface area contributed by atoms with Crippen molar-refractivity contribution in [3.05, 3.63) is 63.7 Å². The number of benzene rings is 2. The van der Waals surface area contributed by atoms with Gasteiger partial charge in [-0.2, -0.15) is 5.10 Å². The molecule has 0 unspecified atom stereocenters. The molecule has 0 spiro atoms. The van der Waals surface area contributed by atoms with Gasteiger partial charge < -0.3 is 4.90 Å². The summed E-state index contributed by atoms with van der Waals surface area (Å²) in [5.41, 5.74) is 4.26. The zero-order chi connectivity index (χ0) is 16.9. The van der Waals surface area contributed by atoms with Gasteiger partial charge in [0.05, 0.1) is 12.1 Å². The summed E-state index contributed by atoms with van der Waals surface area (Å²) in [6.07, 6.45) is 1.81. The van der Waals surface area contributed by atoms with Gasteiger partial charge in [-0.25, -0.2) is 5.43 Å². The van der Waals surface area contributed by atoms with E-state index in [1.165, 1.54) is 0 Å². The molecule has 2 aromatic rings. The van der Waals surface area contributed by atoms with Gasteiger partial charge in [-0.3, -0.25) is 9.59 Å². The van der Waals surface area contributed by atoms with Crippen molar-refractivity contribution in [1.82, 2.24) is 5.43 Å². The molecule has 1 aliphatic rings. The maximum atomic E-state index is 12.2. The lowest BCUT2D eigenvalue weighted by molar-refractivity contribution is -0.126. The molecule has 0 aromatic heterocycles. The lowest BCUT2D eigenvalue weighted by atomic mass is 10.1. The second kappa shape index (κ2) is 7.57. The molecule has 24 heavy (non-hydrogen) atoms. The number of hydrogen-bond donors (Lipinski definition) is 1. The Morgan fingerprint density at radius 1 is 1.17 bits per heavy atom. The monoisotopic (exact) mass is 433 g/mol. The van der Waals surface area contributed by atoms with E-state index < -0.39 is 0 Å². The number of carbonyl (C=O) groups excluding carboxylic acids is 2. The van der Waals surface area contributed by atoms with Crippen LogP contribution >= 0.6 is 22.6 Å². The van der Waals surface area contributed by atoms with Crippen LogP contribution in [0.25, 0.3) is 0 Å². The summed E-state index contributed by atoms with van der Waals surface area (Å²) in [4.78, 5) is 26.0. The molecule has 1 saturated heterocycles. The van der Waals surface area contributed by atoms with Crippen molar-refractivity contribution < 1.29 is 9.59 Å². The summed E-state index contributed by atoms with van der Waals surface area (Å²) < 4.78 is 1.14. The molecule has 0 radical (unpaired) electrons. The molecule has 1 N–H and O–H groups in total. The average Bonchev–Trinajstić information content (AvgIpc) is 2.99. The van der Waals surface area contributed by atoms with Gasteiger partial charge in [0, 0.05) is 22.2 Å².